The van der Waals surface area contributed by atoms with E-state index in [0.717, 1.165) is 58.7 Å². The summed E-state index contributed by atoms with van der Waals surface area (Å²) in [7, 11) is 1.70. The van der Waals surface area contributed by atoms with E-state index in [9.17, 15) is 0 Å². The molecule has 0 aromatic rings. The van der Waals surface area contributed by atoms with Gasteiger partial charge in [0.1, 0.15) is 5.84 Å². The second-order valence-electron chi connectivity index (χ2n) is 4.60. The first-order chi connectivity index (χ1) is 8.77. The summed E-state index contributed by atoms with van der Waals surface area (Å²) in [5.41, 5.74) is 5.61. The first-order valence-corrected chi connectivity index (χ1v) is 6.54. The monoisotopic (exact) mass is 259 g/mol. The topological polar surface area (TPSA) is 80.3 Å². The molecule has 0 aromatic heterocycles. The molecule has 3 N–H and O–H groups in total. The Hall–Kier alpha value is -0.850. The number of likely N-dealkylation sites (tertiary alicyclic amines) is 1. The van der Waals surface area contributed by atoms with Gasteiger partial charge in [-0.15, -0.1) is 0 Å². The molecule has 6 nitrogen and oxygen atoms in total. The third kappa shape index (κ3) is 5.66. The first kappa shape index (κ1) is 15.2. The second-order valence-corrected chi connectivity index (χ2v) is 4.60. The van der Waals surface area contributed by atoms with Crippen LogP contribution in [0.4, 0.5) is 0 Å². The van der Waals surface area contributed by atoms with E-state index in [0.29, 0.717) is 5.84 Å². The van der Waals surface area contributed by atoms with Crippen molar-refractivity contribution in [2.24, 2.45) is 16.8 Å². The number of piperidine rings is 1. The summed E-state index contributed by atoms with van der Waals surface area (Å²) in [4.78, 5) is 2.36. The maximum atomic E-state index is 8.62. The van der Waals surface area contributed by atoms with Gasteiger partial charge in [-0.1, -0.05) is 5.16 Å². The number of hydrogen-bond donors (Lipinski definition) is 2. The van der Waals surface area contributed by atoms with Crippen molar-refractivity contribution in [3.63, 3.8) is 0 Å². The highest BCUT2D eigenvalue weighted by Gasteiger charge is 2.21. The molecule has 18 heavy (non-hydrogen) atoms. The minimum Gasteiger partial charge on any atom is -0.409 e. The fraction of sp³-hybridized carbons (Fsp3) is 0.917. The molecule has 1 saturated heterocycles. The van der Waals surface area contributed by atoms with Gasteiger partial charge in [0.25, 0.3) is 0 Å². The lowest BCUT2D eigenvalue weighted by Gasteiger charge is -2.31. The highest BCUT2D eigenvalue weighted by Crippen LogP contribution is 2.16. The average Bonchev–Trinajstić information content (AvgIpc) is 2.42. The molecule has 0 amide bonds. The maximum Gasteiger partial charge on any atom is 0.142 e. The van der Waals surface area contributed by atoms with Gasteiger partial charge in [0.15, 0.2) is 0 Å². The largest absolute Gasteiger partial charge is 0.409 e. The summed E-state index contributed by atoms with van der Waals surface area (Å²) in [6.07, 6.45) is 2.86. The van der Waals surface area contributed by atoms with Gasteiger partial charge in [0.05, 0.1) is 6.61 Å². The van der Waals surface area contributed by atoms with Crippen LogP contribution >= 0.6 is 0 Å². The molecule has 1 aliphatic rings. The van der Waals surface area contributed by atoms with Crippen molar-refractivity contribution in [2.45, 2.75) is 19.3 Å². The summed E-state index contributed by atoms with van der Waals surface area (Å²) < 4.78 is 10.5. The van der Waals surface area contributed by atoms with Crippen LogP contribution in [0.3, 0.4) is 0 Å². The first-order valence-electron chi connectivity index (χ1n) is 6.54. The Labute approximate surface area is 109 Å². The van der Waals surface area contributed by atoms with Crippen LogP contribution in [-0.4, -0.2) is 62.5 Å². The van der Waals surface area contributed by atoms with Crippen LogP contribution in [0.15, 0.2) is 5.16 Å². The van der Waals surface area contributed by atoms with Crippen molar-refractivity contribution < 1.29 is 14.7 Å². The van der Waals surface area contributed by atoms with E-state index in [1.165, 1.54) is 0 Å². The van der Waals surface area contributed by atoms with Crippen molar-refractivity contribution in [1.29, 1.82) is 0 Å². The Morgan fingerprint density at radius 3 is 2.67 bits per heavy atom. The van der Waals surface area contributed by atoms with Gasteiger partial charge in [0, 0.05) is 32.8 Å². The summed E-state index contributed by atoms with van der Waals surface area (Å²) in [6, 6.07) is 0. The van der Waals surface area contributed by atoms with Gasteiger partial charge >= 0.3 is 0 Å². The maximum absolute atomic E-state index is 8.62. The SMILES string of the molecule is COCCCOCCN1CCC(C(N)=NO)CC1. The zero-order chi connectivity index (χ0) is 13.2. The Balaban J connectivity index is 2.02. The van der Waals surface area contributed by atoms with Crippen LogP contribution in [0, 0.1) is 5.92 Å². The fourth-order valence-corrected chi connectivity index (χ4v) is 2.14. The molecular weight excluding hydrogens is 234 g/mol. The van der Waals surface area contributed by atoms with E-state index >= 15 is 0 Å². The van der Waals surface area contributed by atoms with Gasteiger partial charge in [0.2, 0.25) is 0 Å². The lowest BCUT2D eigenvalue weighted by atomic mass is 9.96. The molecule has 1 fully saturated rings. The van der Waals surface area contributed by atoms with Gasteiger partial charge in [-0.25, -0.2) is 0 Å². The van der Waals surface area contributed by atoms with Crippen LogP contribution < -0.4 is 5.73 Å². The van der Waals surface area contributed by atoms with Crippen LogP contribution in [0.2, 0.25) is 0 Å². The van der Waals surface area contributed by atoms with Gasteiger partial charge in [-0.05, 0) is 32.4 Å². The number of amidine groups is 1. The summed E-state index contributed by atoms with van der Waals surface area (Å²) in [5.74, 6) is 0.597. The van der Waals surface area contributed by atoms with Crippen molar-refractivity contribution >= 4 is 5.84 Å². The highest BCUT2D eigenvalue weighted by atomic mass is 16.5. The molecule has 1 aliphatic heterocycles. The zero-order valence-corrected chi connectivity index (χ0v) is 11.2. The number of ether oxygens (including phenoxy) is 2. The number of oxime groups is 1. The number of methoxy groups -OCH3 is 1. The van der Waals surface area contributed by atoms with E-state index in [2.05, 4.69) is 10.1 Å². The molecular formula is C12H25N3O3. The molecule has 0 atom stereocenters. The summed E-state index contributed by atoms with van der Waals surface area (Å²) in [5, 5.41) is 11.7. The van der Waals surface area contributed by atoms with Crippen LogP contribution in [0.1, 0.15) is 19.3 Å². The summed E-state index contributed by atoms with van der Waals surface area (Å²) in [6.45, 7) is 5.21. The number of nitrogens with two attached hydrogens (primary N) is 1. The molecule has 0 aliphatic carbocycles. The predicted molar refractivity (Wildman–Crippen MR) is 69.9 cm³/mol. The molecule has 0 spiro atoms. The van der Waals surface area contributed by atoms with E-state index in [-0.39, 0.29) is 5.92 Å². The van der Waals surface area contributed by atoms with Gasteiger partial charge < -0.3 is 25.3 Å². The van der Waals surface area contributed by atoms with E-state index in [1.54, 1.807) is 7.11 Å². The van der Waals surface area contributed by atoms with Crippen molar-refractivity contribution in [1.82, 2.24) is 4.90 Å². The Morgan fingerprint density at radius 2 is 2.06 bits per heavy atom. The number of hydrogen-bond acceptors (Lipinski definition) is 5. The number of nitrogens with zero attached hydrogens (tertiary/aromatic N) is 2. The highest BCUT2D eigenvalue weighted by molar-refractivity contribution is 5.82. The van der Waals surface area contributed by atoms with Crippen molar-refractivity contribution in [3.05, 3.63) is 0 Å². The van der Waals surface area contributed by atoms with Crippen LogP contribution in [-0.2, 0) is 9.47 Å². The molecule has 6 heteroatoms. The lowest BCUT2D eigenvalue weighted by molar-refractivity contribution is 0.0767. The van der Waals surface area contributed by atoms with E-state index in [1.807, 2.05) is 0 Å². The van der Waals surface area contributed by atoms with Crippen molar-refractivity contribution in [3.8, 4) is 0 Å². The van der Waals surface area contributed by atoms with Crippen LogP contribution in [0.5, 0.6) is 0 Å². The Kier molecular flexibility index (Phi) is 7.71. The van der Waals surface area contributed by atoms with E-state index < -0.39 is 0 Å². The minimum atomic E-state index is 0.230. The molecule has 0 bridgehead atoms. The third-order valence-corrected chi connectivity index (χ3v) is 3.31. The molecule has 106 valence electrons. The predicted octanol–water partition coefficient (Wildman–Crippen LogP) is 0.498. The normalized spacial score (nSPS) is 19.3. The zero-order valence-electron chi connectivity index (χ0n) is 11.2. The molecule has 0 aromatic carbocycles. The smallest absolute Gasteiger partial charge is 0.142 e. The second kappa shape index (κ2) is 9.13. The van der Waals surface area contributed by atoms with Crippen molar-refractivity contribution in [2.75, 3.05) is 46.6 Å². The minimum absolute atomic E-state index is 0.230. The van der Waals surface area contributed by atoms with E-state index in [4.69, 9.17) is 20.4 Å². The molecule has 1 heterocycles. The van der Waals surface area contributed by atoms with Crippen LogP contribution in [0.25, 0.3) is 0 Å². The molecule has 1 rings (SSSR count). The fourth-order valence-electron chi connectivity index (χ4n) is 2.14. The molecule has 0 saturated carbocycles. The third-order valence-electron chi connectivity index (χ3n) is 3.31. The summed E-state index contributed by atoms with van der Waals surface area (Å²) >= 11 is 0. The van der Waals surface area contributed by atoms with Gasteiger partial charge in [-0.3, -0.25) is 0 Å². The number of rotatable bonds is 8. The Morgan fingerprint density at radius 1 is 1.33 bits per heavy atom. The Bertz CT molecular complexity index is 241. The van der Waals surface area contributed by atoms with Gasteiger partial charge in [-0.2, -0.15) is 0 Å². The average molecular weight is 259 g/mol. The molecule has 0 radical (unpaired) electrons. The quantitative estimate of drug-likeness (QED) is 0.218. The standard InChI is InChI=1S/C12H25N3O3/c1-17-8-2-9-18-10-7-15-5-3-11(4-6-15)12(13)14-16/h11,16H,2-10H2,1H3,(H2,13,14). The lowest BCUT2D eigenvalue weighted by Crippen LogP contribution is -2.40. The molecule has 0 unspecified atom stereocenters.